The molecule has 20 heavy (non-hydrogen) atoms. The van der Waals surface area contributed by atoms with Crippen LogP contribution in [0.15, 0.2) is 6.20 Å². The van der Waals surface area contributed by atoms with E-state index in [2.05, 4.69) is 41.1 Å². The van der Waals surface area contributed by atoms with Crippen molar-refractivity contribution in [3.05, 3.63) is 17.5 Å². The zero-order valence-electron chi connectivity index (χ0n) is 13.2. The molecule has 1 saturated carbocycles. The highest BCUT2D eigenvalue weighted by molar-refractivity contribution is 5.32. The molecule has 0 unspecified atom stereocenters. The Labute approximate surface area is 123 Å². The molecule has 0 amide bonds. The number of nitrogens with zero attached hydrogens (tertiary/aromatic N) is 3. The predicted octanol–water partition coefficient (Wildman–Crippen LogP) is 2.91. The van der Waals surface area contributed by atoms with Crippen molar-refractivity contribution >= 4 is 5.95 Å². The van der Waals surface area contributed by atoms with E-state index in [1.807, 2.05) is 6.20 Å². The molecule has 1 heterocycles. The highest BCUT2D eigenvalue weighted by atomic mass is 15.2. The molecule has 4 heteroatoms. The maximum atomic E-state index is 4.67. The minimum absolute atomic E-state index is 0.829. The van der Waals surface area contributed by atoms with Crippen LogP contribution in [0.1, 0.15) is 50.3 Å². The number of hydrogen-bond acceptors (Lipinski definition) is 4. The minimum atomic E-state index is 0.829. The van der Waals surface area contributed by atoms with Gasteiger partial charge in [-0.3, -0.25) is 0 Å². The molecule has 2 rings (SSSR count). The van der Waals surface area contributed by atoms with Gasteiger partial charge in [0.05, 0.1) is 0 Å². The van der Waals surface area contributed by atoms with Crippen LogP contribution in [0.25, 0.3) is 0 Å². The SMILES string of the molecule is CCCNCc1cnc(N(C)CC2CCCC2)nc1C. The van der Waals surface area contributed by atoms with Gasteiger partial charge in [-0.15, -0.1) is 0 Å². The van der Waals surface area contributed by atoms with E-state index >= 15 is 0 Å². The first-order valence-corrected chi connectivity index (χ1v) is 7.95. The van der Waals surface area contributed by atoms with E-state index in [1.54, 1.807) is 0 Å². The quantitative estimate of drug-likeness (QED) is 0.778. The highest BCUT2D eigenvalue weighted by Crippen LogP contribution is 2.26. The molecule has 1 aromatic rings. The first-order chi connectivity index (χ1) is 9.70. The van der Waals surface area contributed by atoms with E-state index in [9.17, 15) is 0 Å². The standard InChI is InChI=1S/C16H28N4/c1-4-9-17-10-15-11-18-16(19-13(15)2)20(3)12-14-7-5-6-8-14/h11,14,17H,4-10,12H2,1-3H3. The van der Waals surface area contributed by atoms with Crippen LogP contribution in [0.4, 0.5) is 5.95 Å². The van der Waals surface area contributed by atoms with Crippen molar-refractivity contribution in [3.8, 4) is 0 Å². The van der Waals surface area contributed by atoms with Crippen LogP contribution in [-0.2, 0) is 6.54 Å². The lowest BCUT2D eigenvalue weighted by atomic mass is 10.1. The van der Waals surface area contributed by atoms with Crippen LogP contribution >= 0.6 is 0 Å². The van der Waals surface area contributed by atoms with Gasteiger partial charge in [0.25, 0.3) is 0 Å². The van der Waals surface area contributed by atoms with Crippen molar-refractivity contribution in [2.24, 2.45) is 5.92 Å². The van der Waals surface area contributed by atoms with Gasteiger partial charge in [0.1, 0.15) is 0 Å². The normalized spacial score (nSPS) is 15.8. The van der Waals surface area contributed by atoms with E-state index < -0.39 is 0 Å². The van der Waals surface area contributed by atoms with Crippen LogP contribution in [0.5, 0.6) is 0 Å². The third-order valence-corrected chi connectivity index (χ3v) is 4.16. The third-order valence-electron chi connectivity index (χ3n) is 4.16. The third kappa shape index (κ3) is 4.17. The van der Waals surface area contributed by atoms with Crippen molar-refractivity contribution in [2.75, 3.05) is 25.0 Å². The second kappa shape index (κ2) is 7.58. The molecule has 0 aromatic carbocycles. The molecule has 0 saturated heterocycles. The summed E-state index contributed by atoms with van der Waals surface area (Å²) in [5, 5.41) is 3.41. The largest absolute Gasteiger partial charge is 0.344 e. The van der Waals surface area contributed by atoms with Crippen LogP contribution in [-0.4, -0.2) is 30.1 Å². The summed E-state index contributed by atoms with van der Waals surface area (Å²) in [5.41, 5.74) is 2.30. The number of aromatic nitrogens is 2. The molecule has 0 bridgehead atoms. The van der Waals surface area contributed by atoms with Gasteiger partial charge in [-0.2, -0.15) is 0 Å². The van der Waals surface area contributed by atoms with Gasteiger partial charge in [0.2, 0.25) is 5.95 Å². The van der Waals surface area contributed by atoms with E-state index in [1.165, 1.54) is 31.2 Å². The molecular formula is C16H28N4. The molecule has 112 valence electrons. The molecule has 0 atom stereocenters. The Balaban J connectivity index is 1.92. The average molecular weight is 276 g/mol. The fourth-order valence-corrected chi connectivity index (χ4v) is 2.90. The summed E-state index contributed by atoms with van der Waals surface area (Å²) in [6.07, 6.45) is 8.64. The average Bonchev–Trinajstić information content (AvgIpc) is 2.93. The number of aryl methyl sites for hydroxylation is 1. The summed E-state index contributed by atoms with van der Waals surface area (Å²) < 4.78 is 0. The van der Waals surface area contributed by atoms with Gasteiger partial charge in [-0.25, -0.2) is 9.97 Å². The van der Waals surface area contributed by atoms with Crippen molar-refractivity contribution in [1.29, 1.82) is 0 Å². The fraction of sp³-hybridized carbons (Fsp3) is 0.750. The summed E-state index contributed by atoms with van der Waals surface area (Å²) in [4.78, 5) is 11.4. The fourth-order valence-electron chi connectivity index (χ4n) is 2.90. The topological polar surface area (TPSA) is 41.1 Å². The Kier molecular flexibility index (Phi) is 5.77. The van der Waals surface area contributed by atoms with Crippen LogP contribution in [0.2, 0.25) is 0 Å². The van der Waals surface area contributed by atoms with Crippen molar-refractivity contribution < 1.29 is 0 Å². The molecular weight excluding hydrogens is 248 g/mol. The summed E-state index contributed by atoms with van der Waals surface area (Å²) in [6.45, 7) is 7.26. The molecule has 0 aliphatic heterocycles. The second-order valence-corrected chi connectivity index (χ2v) is 5.99. The smallest absolute Gasteiger partial charge is 0.225 e. The Hall–Kier alpha value is -1.16. The van der Waals surface area contributed by atoms with Gasteiger partial charge in [0, 0.05) is 37.6 Å². The van der Waals surface area contributed by atoms with Crippen LogP contribution in [0.3, 0.4) is 0 Å². The number of hydrogen-bond donors (Lipinski definition) is 1. The van der Waals surface area contributed by atoms with Crippen LogP contribution in [0, 0.1) is 12.8 Å². The van der Waals surface area contributed by atoms with Crippen molar-refractivity contribution in [3.63, 3.8) is 0 Å². The molecule has 1 aliphatic carbocycles. The van der Waals surface area contributed by atoms with Gasteiger partial charge in [0.15, 0.2) is 0 Å². The molecule has 0 radical (unpaired) electrons. The van der Waals surface area contributed by atoms with Crippen molar-refractivity contribution in [2.45, 2.75) is 52.5 Å². The Morgan fingerprint density at radius 2 is 2.10 bits per heavy atom. The summed E-state index contributed by atoms with van der Waals surface area (Å²) in [7, 11) is 2.11. The van der Waals surface area contributed by atoms with Gasteiger partial charge in [-0.1, -0.05) is 19.8 Å². The van der Waals surface area contributed by atoms with E-state index in [-0.39, 0.29) is 0 Å². The molecule has 4 nitrogen and oxygen atoms in total. The zero-order chi connectivity index (χ0) is 14.4. The molecule has 0 spiro atoms. The lowest BCUT2D eigenvalue weighted by Gasteiger charge is -2.21. The summed E-state index contributed by atoms with van der Waals surface area (Å²) in [5.74, 6) is 1.70. The predicted molar refractivity (Wildman–Crippen MR) is 84.0 cm³/mol. The molecule has 1 aromatic heterocycles. The number of anilines is 1. The van der Waals surface area contributed by atoms with Gasteiger partial charge < -0.3 is 10.2 Å². The minimum Gasteiger partial charge on any atom is -0.344 e. The monoisotopic (exact) mass is 276 g/mol. The molecule has 1 aliphatic rings. The summed E-state index contributed by atoms with van der Waals surface area (Å²) >= 11 is 0. The zero-order valence-corrected chi connectivity index (χ0v) is 13.2. The first-order valence-electron chi connectivity index (χ1n) is 7.95. The summed E-state index contributed by atoms with van der Waals surface area (Å²) in [6, 6.07) is 0. The Morgan fingerprint density at radius 3 is 2.75 bits per heavy atom. The Morgan fingerprint density at radius 1 is 1.35 bits per heavy atom. The van der Waals surface area contributed by atoms with Crippen LogP contribution < -0.4 is 10.2 Å². The van der Waals surface area contributed by atoms with E-state index in [0.29, 0.717) is 0 Å². The van der Waals surface area contributed by atoms with E-state index in [0.717, 1.165) is 43.6 Å². The number of nitrogens with one attached hydrogen (secondary N) is 1. The molecule has 1 N–H and O–H groups in total. The Bertz CT molecular complexity index is 413. The first kappa shape index (κ1) is 15.2. The molecule has 1 fully saturated rings. The number of rotatable bonds is 7. The maximum Gasteiger partial charge on any atom is 0.225 e. The van der Waals surface area contributed by atoms with Gasteiger partial charge >= 0.3 is 0 Å². The second-order valence-electron chi connectivity index (χ2n) is 5.99. The lowest BCUT2D eigenvalue weighted by molar-refractivity contribution is 0.542. The highest BCUT2D eigenvalue weighted by Gasteiger charge is 2.18. The maximum absolute atomic E-state index is 4.67. The lowest BCUT2D eigenvalue weighted by Crippen LogP contribution is -2.26. The van der Waals surface area contributed by atoms with E-state index in [4.69, 9.17) is 0 Å². The van der Waals surface area contributed by atoms with Crippen molar-refractivity contribution in [1.82, 2.24) is 15.3 Å². The van der Waals surface area contributed by atoms with Gasteiger partial charge in [-0.05, 0) is 38.6 Å².